The maximum Gasteiger partial charge on any atom is 0.272 e. The standard InChI is InChI=1S/C26H24N6O3/c1-4-12-35-22-11-6-5-10-19(22)20-14-23(33)29-25-24(20)16(2)31-32(25)26-28-21(15-27-30-26)17-8-7-9-18(13-17)34-3/h4-11,13,15,20H,1,12,14H2,2-3H3,(H,29,33)/t20-/m0/s1. The van der Waals surface area contributed by atoms with Gasteiger partial charge in [-0.2, -0.15) is 14.9 Å². The number of carbonyl (C=O) groups is 1. The molecule has 4 aromatic rings. The Morgan fingerprint density at radius 2 is 2.09 bits per heavy atom. The van der Waals surface area contributed by atoms with E-state index in [0.717, 1.165) is 22.4 Å². The van der Waals surface area contributed by atoms with Crippen LogP contribution in [0.2, 0.25) is 0 Å². The number of benzene rings is 2. The Hall–Kier alpha value is -4.53. The highest BCUT2D eigenvalue weighted by molar-refractivity contribution is 5.95. The van der Waals surface area contributed by atoms with E-state index in [1.54, 1.807) is 24.1 Å². The molecule has 1 amide bonds. The average Bonchev–Trinajstić information content (AvgIpc) is 3.23. The van der Waals surface area contributed by atoms with Gasteiger partial charge in [0.2, 0.25) is 5.91 Å². The fourth-order valence-corrected chi connectivity index (χ4v) is 4.31. The molecular weight excluding hydrogens is 444 g/mol. The first-order chi connectivity index (χ1) is 17.1. The molecule has 0 fully saturated rings. The van der Waals surface area contributed by atoms with E-state index in [0.29, 0.717) is 29.6 Å². The molecule has 2 aromatic carbocycles. The molecule has 0 bridgehead atoms. The lowest BCUT2D eigenvalue weighted by Crippen LogP contribution is -2.25. The molecule has 5 rings (SSSR count). The monoisotopic (exact) mass is 468 g/mol. The number of hydrogen-bond donors (Lipinski definition) is 1. The van der Waals surface area contributed by atoms with Gasteiger partial charge < -0.3 is 14.8 Å². The lowest BCUT2D eigenvalue weighted by Gasteiger charge is -2.25. The highest BCUT2D eigenvalue weighted by Gasteiger charge is 2.34. The predicted molar refractivity (Wildman–Crippen MR) is 131 cm³/mol. The van der Waals surface area contributed by atoms with Gasteiger partial charge in [-0.25, -0.2) is 4.98 Å². The minimum atomic E-state index is -0.233. The summed E-state index contributed by atoms with van der Waals surface area (Å²) in [5.41, 5.74) is 4.01. The summed E-state index contributed by atoms with van der Waals surface area (Å²) in [5, 5.41) is 16.0. The third-order valence-corrected chi connectivity index (χ3v) is 5.86. The quantitative estimate of drug-likeness (QED) is 0.408. The fraction of sp³-hybridized carbons (Fsp3) is 0.192. The van der Waals surface area contributed by atoms with Crippen LogP contribution in [0.1, 0.15) is 29.2 Å². The number of nitrogens with zero attached hydrogens (tertiary/aromatic N) is 5. The van der Waals surface area contributed by atoms with Crippen LogP contribution in [0.4, 0.5) is 5.82 Å². The summed E-state index contributed by atoms with van der Waals surface area (Å²) in [6.45, 7) is 6.01. The molecule has 0 spiro atoms. The summed E-state index contributed by atoms with van der Waals surface area (Å²) in [6, 6.07) is 15.2. The van der Waals surface area contributed by atoms with E-state index in [-0.39, 0.29) is 24.2 Å². The second-order valence-corrected chi connectivity index (χ2v) is 8.08. The van der Waals surface area contributed by atoms with Gasteiger partial charge in [-0.15, -0.1) is 5.10 Å². The zero-order valence-electron chi connectivity index (χ0n) is 19.4. The van der Waals surface area contributed by atoms with E-state index in [1.165, 1.54) is 0 Å². The maximum absolute atomic E-state index is 12.8. The summed E-state index contributed by atoms with van der Waals surface area (Å²) in [7, 11) is 1.61. The SMILES string of the molecule is C=CCOc1ccccc1[C@@H]1CC(=O)Nc2c1c(C)nn2-c1nncc(-c2cccc(OC)c2)n1. The molecule has 176 valence electrons. The highest BCUT2D eigenvalue weighted by atomic mass is 16.5. The highest BCUT2D eigenvalue weighted by Crippen LogP contribution is 2.42. The lowest BCUT2D eigenvalue weighted by atomic mass is 9.85. The van der Waals surface area contributed by atoms with Crippen molar-refractivity contribution in [2.24, 2.45) is 0 Å². The smallest absolute Gasteiger partial charge is 0.272 e. The molecule has 0 saturated heterocycles. The minimum Gasteiger partial charge on any atom is -0.497 e. The van der Waals surface area contributed by atoms with E-state index in [1.807, 2.05) is 55.5 Å². The van der Waals surface area contributed by atoms with Gasteiger partial charge in [0.15, 0.2) is 0 Å². The molecule has 3 heterocycles. The Morgan fingerprint density at radius 1 is 1.23 bits per heavy atom. The van der Waals surface area contributed by atoms with Crippen LogP contribution < -0.4 is 14.8 Å². The van der Waals surface area contributed by atoms with Crippen LogP contribution in [0, 0.1) is 6.92 Å². The predicted octanol–water partition coefficient (Wildman–Crippen LogP) is 4.08. The van der Waals surface area contributed by atoms with Crippen molar-refractivity contribution in [1.29, 1.82) is 0 Å². The summed E-state index contributed by atoms with van der Waals surface area (Å²) in [5.74, 6) is 1.85. The molecule has 0 unspecified atom stereocenters. The zero-order chi connectivity index (χ0) is 24.4. The first-order valence-electron chi connectivity index (χ1n) is 11.2. The Morgan fingerprint density at radius 3 is 2.91 bits per heavy atom. The van der Waals surface area contributed by atoms with Gasteiger partial charge in [-0.05, 0) is 25.1 Å². The summed E-state index contributed by atoms with van der Waals surface area (Å²) in [6.07, 6.45) is 3.55. The van der Waals surface area contributed by atoms with Crippen molar-refractivity contribution in [3.63, 3.8) is 0 Å². The van der Waals surface area contributed by atoms with Crippen LogP contribution >= 0.6 is 0 Å². The van der Waals surface area contributed by atoms with Crippen LogP contribution in [0.15, 0.2) is 67.4 Å². The van der Waals surface area contributed by atoms with E-state index in [9.17, 15) is 4.79 Å². The molecule has 1 aliphatic heterocycles. The number of aromatic nitrogens is 5. The van der Waals surface area contributed by atoms with E-state index >= 15 is 0 Å². The summed E-state index contributed by atoms with van der Waals surface area (Å²) >= 11 is 0. The number of methoxy groups -OCH3 is 1. The Labute approximate surface area is 202 Å². The number of ether oxygens (including phenoxy) is 2. The summed E-state index contributed by atoms with van der Waals surface area (Å²) in [4.78, 5) is 17.5. The van der Waals surface area contributed by atoms with Crippen LogP contribution in [0.5, 0.6) is 11.5 Å². The minimum absolute atomic E-state index is 0.126. The number of carbonyl (C=O) groups excluding carboxylic acids is 1. The van der Waals surface area contributed by atoms with Crippen molar-refractivity contribution >= 4 is 11.7 Å². The van der Waals surface area contributed by atoms with Gasteiger partial charge in [-0.1, -0.05) is 43.0 Å². The molecule has 9 heteroatoms. The van der Waals surface area contributed by atoms with Crippen LogP contribution in [-0.4, -0.2) is 44.6 Å². The maximum atomic E-state index is 12.8. The molecule has 2 aromatic heterocycles. The fourth-order valence-electron chi connectivity index (χ4n) is 4.31. The molecule has 35 heavy (non-hydrogen) atoms. The first-order valence-corrected chi connectivity index (χ1v) is 11.2. The molecule has 1 N–H and O–H groups in total. The van der Waals surface area contributed by atoms with Crippen LogP contribution in [-0.2, 0) is 4.79 Å². The van der Waals surface area contributed by atoms with E-state index in [4.69, 9.17) is 9.47 Å². The van der Waals surface area contributed by atoms with Crippen molar-refractivity contribution in [1.82, 2.24) is 25.0 Å². The van der Waals surface area contributed by atoms with Gasteiger partial charge in [0.05, 0.1) is 24.7 Å². The van der Waals surface area contributed by atoms with E-state index in [2.05, 4.69) is 32.2 Å². The molecule has 1 aliphatic rings. The Kier molecular flexibility index (Phi) is 5.97. The van der Waals surface area contributed by atoms with Gasteiger partial charge in [0, 0.05) is 29.0 Å². The lowest BCUT2D eigenvalue weighted by molar-refractivity contribution is -0.116. The van der Waals surface area contributed by atoms with Gasteiger partial charge in [-0.3, -0.25) is 4.79 Å². The van der Waals surface area contributed by atoms with Gasteiger partial charge in [0.25, 0.3) is 5.95 Å². The summed E-state index contributed by atoms with van der Waals surface area (Å²) < 4.78 is 12.7. The van der Waals surface area contributed by atoms with Crippen molar-refractivity contribution < 1.29 is 14.3 Å². The largest absolute Gasteiger partial charge is 0.497 e. The van der Waals surface area contributed by atoms with Gasteiger partial charge >= 0.3 is 0 Å². The Bertz CT molecular complexity index is 1410. The number of anilines is 1. The third kappa shape index (κ3) is 4.23. The zero-order valence-corrected chi connectivity index (χ0v) is 19.4. The van der Waals surface area contributed by atoms with Crippen molar-refractivity contribution in [2.45, 2.75) is 19.3 Å². The van der Waals surface area contributed by atoms with Crippen LogP contribution in [0.25, 0.3) is 17.2 Å². The van der Waals surface area contributed by atoms with E-state index < -0.39 is 0 Å². The number of aryl methyl sites for hydroxylation is 1. The van der Waals surface area contributed by atoms with Crippen molar-refractivity contribution in [3.8, 4) is 28.7 Å². The number of amides is 1. The number of nitrogens with one attached hydrogen (secondary N) is 1. The number of fused-ring (bicyclic) bond motifs is 1. The molecule has 1 atom stereocenters. The Balaban J connectivity index is 1.59. The van der Waals surface area contributed by atoms with Gasteiger partial charge in [0.1, 0.15) is 23.9 Å². The number of rotatable bonds is 7. The third-order valence-electron chi connectivity index (χ3n) is 5.86. The van der Waals surface area contributed by atoms with Crippen molar-refractivity contribution in [3.05, 3.63) is 84.2 Å². The van der Waals surface area contributed by atoms with Crippen molar-refractivity contribution in [2.75, 3.05) is 19.0 Å². The molecule has 9 nitrogen and oxygen atoms in total. The molecule has 0 saturated carbocycles. The second kappa shape index (κ2) is 9.38. The topological polar surface area (TPSA) is 104 Å². The molecule has 0 radical (unpaired) electrons. The first kappa shape index (κ1) is 22.3. The molecular formula is C26H24N6O3. The van der Waals surface area contributed by atoms with Crippen LogP contribution in [0.3, 0.4) is 0 Å². The normalized spacial score (nSPS) is 14.7. The number of hydrogen-bond acceptors (Lipinski definition) is 7. The average molecular weight is 469 g/mol. The second-order valence-electron chi connectivity index (χ2n) is 8.08. The number of para-hydroxylation sites is 1. The molecule has 0 aliphatic carbocycles.